The van der Waals surface area contributed by atoms with E-state index < -0.39 is 5.60 Å². The van der Waals surface area contributed by atoms with Gasteiger partial charge in [-0.05, 0) is 50.3 Å². The molecule has 0 amide bonds. The molecule has 0 aromatic heterocycles. The van der Waals surface area contributed by atoms with E-state index in [0.717, 1.165) is 38.8 Å². The van der Waals surface area contributed by atoms with Gasteiger partial charge in [-0.15, -0.1) is 0 Å². The maximum atomic E-state index is 10.4. The molecule has 3 N–H and O–H groups in total. The number of anilines is 1. The lowest BCUT2D eigenvalue weighted by Gasteiger charge is -2.32. The van der Waals surface area contributed by atoms with E-state index in [9.17, 15) is 10.2 Å². The number of nitrogens with one attached hydrogen (secondary N) is 1. The summed E-state index contributed by atoms with van der Waals surface area (Å²) in [6.45, 7) is 8.66. The van der Waals surface area contributed by atoms with E-state index >= 15 is 0 Å². The highest BCUT2D eigenvalue weighted by Gasteiger charge is 2.23. The van der Waals surface area contributed by atoms with Crippen LogP contribution in [0, 0.1) is 0 Å². The molecule has 2 rings (SSSR count). The van der Waals surface area contributed by atoms with Crippen molar-refractivity contribution >= 4 is 5.69 Å². The Morgan fingerprint density at radius 2 is 1.74 bits per heavy atom. The highest BCUT2D eigenvalue weighted by molar-refractivity contribution is 5.48. The lowest BCUT2D eigenvalue weighted by atomic mass is 9.96. The predicted octanol–water partition coefficient (Wildman–Crippen LogP) is 2.85. The molecule has 1 aliphatic rings. The van der Waals surface area contributed by atoms with Gasteiger partial charge in [0.05, 0.1) is 11.7 Å². The first-order valence-corrected chi connectivity index (χ1v) is 8.96. The number of aliphatic hydroxyl groups is 2. The van der Waals surface area contributed by atoms with E-state index in [0.29, 0.717) is 6.54 Å². The topological polar surface area (TPSA) is 55.7 Å². The standard InChI is InChI=1S/C19H32N2O2/c1-4-19(23,5-2)14-20-15(3)16-6-8-17(9-7-16)21-12-10-18(22)11-13-21/h6-9,15,18,20,22-23H,4-5,10-14H2,1-3H3. The Morgan fingerprint density at radius 1 is 1.17 bits per heavy atom. The molecule has 1 heterocycles. The first kappa shape index (κ1) is 18.2. The first-order valence-electron chi connectivity index (χ1n) is 8.96. The first-order chi connectivity index (χ1) is 11.0. The summed E-state index contributed by atoms with van der Waals surface area (Å²) in [4.78, 5) is 2.33. The number of aliphatic hydroxyl groups excluding tert-OH is 1. The minimum Gasteiger partial charge on any atom is -0.393 e. The Balaban J connectivity index is 1.91. The Kier molecular flexibility index (Phi) is 6.45. The van der Waals surface area contributed by atoms with Gasteiger partial charge in [0.25, 0.3) is 0 Å². The summed E-state index contributed by atoms with van der Waals surface area (Å²) < 4.78 is 0. The van der Waals surface area contributed by atoms with E-state index in [4.69, 9.17) is 0 Å². The van der Waals surface area contributed by atoms with Crippen LogP contribution in [-0.4, -0.2) is 41.6 Å². The molecule has 0 radical (unpaired) electrons. The molecule has 1 aromatic carbocycles. The zero-order valence-corrected chi connectivity index (χ0v) is 14.8. The van der Waals surface area contributed by atoms with Crippen LogP contribution in [0.15, 0.2) is 24.3 Å². The lowest BCUT2D eigenvalue weighted by Crippen LogP contribution is -2.40. The van der Waals surface area contributed by atoms with Crippen molar-refractivity contribution in [3.63, 3.8) is 0 Å². The molecule has 1 aromatic rings. The van der Waals surface area contributed by atoms with Crippen molar-refractivity contribution < 1.29 is 10.2 Å². The van der Waals surface area contributed by atoms with Gasteiger partial charge in [-0.25, -0.2) is 0 Å². The number of nitrogens with zero attached hydrogens (tertiary/aromatic N) is 1. The third-order valence-corrected chi connectivity index (χ3v) is 5.28. The number of hydrogen-bond acceptors (Lipinski definition) is 4. The SMILES string of the molecule is CCC(O)(CC)CNC(C)c1ccc(N2CCC(O)CC2)cc1. The molecule has 1 aliphatic heterocycles. The van der Waals surface area contributed by atoms with E-state index in [-0.39, 0.29) is 12.1 Å². The van der Waals surface area contributed by atoms with Gasteiger partial charge < -0.3 is 20.4 Å². The molecular weight excluding hydrogens is 288 g/mol. The van der Waals surface area contributed by atoms with Crippen LogP contribution in [0.4, 0.5) is 5.69 Å². The molecule has 4 heteroatoms. The van der Waals surface area contributed by atoms with Gasteiger partial charge in [-0.2, -0.15) is 0 Å². The predicted molar refractivity (Wildman–Crippen MR) is 95.8 cm³/mol. The van der Waals surface area contributed by atoms with Crippen LogP contribution in [0.3, 0.4) is 0 Å². The van der Waals surface area contributed by atoms with Crippen molar-refractivity contribution in [1.82, 2.24) is 5.32 Å². The van der Waals surface area contributed by atoms with Crippen LogP contribution in [0.25, 0.3) is 0 Å². The van der Waals surface area contributed by atoms with Crippen molar-refractivity contribution in [3.8, 4) is 0 Å². The summed E-state index contributed by atoms with van der Waals surface area (Å²) in [5, 5.41) is 23.4. The molecule has 0 bridgehead atoms. The summed E-state index contributed by atoms with van der Waals surface area (Å²) >= 11 is 0. The Hall–Kier alpha value is -1.10. The molecule has 1 fully saturated rings. The van der Waals surface area contributed by atoms with E-state index in [1.165, 1.54) is 11.3 Å². The van der Waals surface area contributed by atoms with Crippen LogP contribution in [0.2, 0.25) is 0 Å². The summed E-state index contributed by atoms with van der Waals surface area (Å²) in [5.74, 6) is 0. The van der Waals surface area contributed by atoms with Crippen LogP contribution in [-0.2, 0) is 0 Å². The van der Waals surface area contributed by atoms with Gasteiger partial charge in [-0.1, -0.05) is 26.0 Å². The summed E-state index contributed by atoms with van der Waals surface area (Å²) in [5.41, 5.74) is 1.86. The van der Waals surface area contributed by atoms with E-state index in [1.54, 1.807) is 0 Å². The quantitative estimate of drug-likeness (QED) is 0.723. The van der Waals surface area contributed by atoms with Crippen molar-refractivity contribution in [2.24, 2.45) is 0 Å². The zero-order chi connectivity index (χ0) is 16.9. The van der Waals surface area contributed by atoms with Crippen molar-refractivity contribution in [1.29, 1.82) is 0 Å². The second-order valence-electron chi connectivity index (χ2n) is 6.84. The highest BCUT2D eigenvalue weighted by Crippen LogP contribution is 2.23. The fourth-order valence-corrected chi connectivity index (χ4v) is 3.06. The Labute approximate surface area is 140 Å². The van der Waals surface area contributed by atoms with E-state index in [2.05, 4.69) is 41.4 Å². The summed E-state index contributed by atoms with van der Waals surface area (Å²) in [6.07, 6.45) is 3.11. The molecule has 1 unspecified atom stereocenters. The zero-order valence-electron chi connectivity index (χ0n) is 14.8. The minimum atomic E-state index is -0.608. The normalized spacial score (nSPS) is 18.2. The highest BCUT2D eigenvalue weighted by atomic mass is 16.3. The second kappa shape index (κ2) is 8.13. The molecule has 1 atom stereocenters. The van der Waals surface area contributed by atoms with Crippen molar-refractivity contribution in [3.05, 3.63) is 29.8 Å². The molecule has 1 saturated heterocycles. The van der Waals surface area contributed by atoms with Gasteiger partial charge in [-0.3, -0.25) is 0 Å². The molecule has 0 saturated carbocycles. The van der Waals surface area contributed by atoms with Gasteiger partial charge >= 0.3 is 0 Å². The van der Waals surface area contributed by atoms with Crippen molar-refractivity contribution in [2.45, 2.75) is 64.2 Å². The lowest BCUT2D eigenvalue weighted by molar-refractivity contribution is 0.0303. The number of rotatable bonds is 7. The van der Waals surface area contributed by atoms with Gasteiger partial charge in [0.15, 0.2) is 0 Å². The Bertz CT molecular complexity index is 463. The number of benzene rings is 1. The fraction of sp³-hybridized carbons (Fsp3) is 0.684. The second-order valence-corrected chi connectivity index (χ2v) is 6.84. The largest absolute Gasteiger partial charge is 0.393 e. The Morgan fingerprint density at radius 3 is 2.26 bits per heavy atom. The van der Waals surface area contributed by atoms with Gasteiger partial charge in [0, 0.05) is 31.4 Å². The summed E-state index contributed by atoms with van der Waals surface area (Å²) in [6, 6.07) is 8.87. The maximum Gasteiger partial charge on any atom is 0.0766 e. The van der Waals surface area contributed by atoms with Crippen LogP contribution < -0.4 is 10.2 Å². The van der Waals surface area contributed by atoms with Crippen LogP contribution in [0.5, 0.6) is 0 Å². The molecule has 4 nitrogen and oxygen atoms in total. The van der Waals surface area contributed by atoms with E-state index in [1.807, 2.05) is 13.8 Å². The molecule has 0 aliphatic carbocycles. The third kappa shape index (κ3) is 4.93. The molecule has 130 valence electrons. The summed E-state index contributed by atoms with van der Waals surface area (Å²) in [7, 11) is 0. The molecule has 23 heavy (non-hydrogen) atoms. The minimum absolute atomic E-state index is 0.134. The third-order valence-electron chi connectivity index (χ3n) is 5.28. The van der Waals surface area contributed by atoms with Crippen LogP contribution in [0.1, 0.15) is 58.1 Å². The smallest absolute Gasteiger partial charge is 0.0766 e. The monoisotopic (exact) mass is 320 g/mol. The van der Waals surface area contributed by atoms with Crippen LogP contribution >= 0.6 is 0 Å². The fourth-order valence-electron chi connectivity index (χ4n) is 3.06. The average Bonchev–Trinajstić information content (AvgIpc) is 2.60. The van der Waals surface area contributed by atoms with Gasteiger partial charge in [0.2, 0.25) is 0 Å². The van der Waals surface area contributed by atoms with Crippen molar-refractivity contribution in [2.75, 3.05) is 24.5 Å². The number of piperidine rings is 1. The van der Waals surface area contributed by atoms with Gasteiger partial charge in [0.1, 0.15) is 0 Å². The maximum absolute atomic E-state index is 10.4. The number of hydrogen-bond donors (Lipinski definition) is 3. The molecule has 0 spiro atoms. The molecular formula is C19H32N2O2. The average molecular weight is 320 g/mol.